The Morgan fingerprint density at radius 3 is 2.12 bits per heavy atom. The van der Waals surface area contributed by atoms with E-state index in [0.29, 0.717) is 12.5 Å². The van der Waals surface area contributed by atoms with Gasteiger partial charge in [-0.25, -0.2) is 0 Å². The average Bonchev–Trinajstić information content (AvgIpc) is 2.28. The SMILES string of the molecule is CC(C)Cc1ccc(C(O)C(C)(C)CN)cc1. The number of hydrogen-bond acceptors (Lipinski definition) is 2. The van der Waals surface area contributed by atoms with Crippen LogP contribution < -0.4 is 5.73 Å². The number of benzene rings is 1. The van der Waals surface area contributed by atoms with Gasteiger partial charge in [-0.1, -0.05) is 52.0 Å². The molecule has 2 nitrogen and oxygen atoms in total. The first-order valence-corrected chi connectivity index (χ1v) is 6.34. The molecule has 1 aromatic rings. The van der Waals surface area contributed by atoms with Crippen LogP contribution in [0.15, 0.2) is 24.3 Å². The van der Waals surface area contributed by atoms with Gasteiger partial charge in [0, 0.05) is 12.0 Å². The van der Waals surface area contributed by atoms with Crippen molar-refractivity contribution < 1.29 is 5.11 Å². The summed E-state index contributed by atoms with van der Waals surface area (Å²) >= 11 is 0. The molecule has 0 radical (unpaired) electrons. The van der Waals surface area contributed by atoms with Crippen LogP contribution >= 0.6 is 0 Å². The van der Waals surface area contributed by atoms with Gasteiger partial charge in [0.2, 0.25) is 0 Å². The van der Waals surface area contributed by atoms with Crippen molar-refractivity contribution in [3.05, 3.63) is 35.4 Å². The lowest BCUT2D eigenvalue weighted by Gasteiger charge is -2.29. The van der Waals surface area contributed by atoms with Crippen LogP contribution in [0.25, 0.3) is 0 Å². The first kappa shape index (κ1) is 14.2. The summed E-state index contributed by atoms with van der Waals surface area (Å²) in [6.07, 6.45) is 0.581. The van der Waals surface area contributed by atoms with Gasteiger partial charge in [-0.05, 0) is 23.5 Å². The average molecular weight is 235 g/mol. The van der Waals surface area contributed by atoms with E-state index in [-0.39, 0.29) is 5.41 Å². The molecule has 0 aromatic heterocycles. The monoisotopic (exact) mass is 235 g/mol. The van der Waals surface area contributed by atoms with E-state index in [9.17, 15) is 5.11 Å². The van der Waals surface area contributed by atoms with E-state index >= 15 is 0 Å². The van der Waals surface area contributed by atoms with E-state index in [1.807, 2.05) is 26.0 Å². The lowest BCUT2D eigenvalue weighted by Crippen LogP contribution is -2.30. The quantitative estimate of drug-likeness (QED) is 0.824. The van der Waals surface area contributed by atoms with Crippen molar-refractivity contribution in [1.82, 2.24) is 0 Å². The number of hydrogen-bond donors (Lipinski definition) is 2. The summed E-state index contributed by atoms with van der Waals surface area (Å²) in [4.78, 5) is 0. The minimum absolute atomic E-state index is 0.278. The van der Waals surface area contributed by atoms with Crippen molar-refractivity contribution in [3.63, 3.8) is 0 Å². The number of aliphatic hydroxyl groups excluding tert-OH is 1. The van der Waals surface area contributed by atoms with Crippen LogP contribution in [0.2, 0.25) is 0 Å². The molecule has 1 unspecified atom stereocenters. The van der Waals surface area contributed by atoms with Crippen LogP contribution in [0.1, 0.15) is 44.9 Å². The Morgan fingerprint density at radius 1 is 1.18 bits per heavy atom. The molecule has 3 N–H and O–H groups in total. The van der Waals surface area contributed by atoms with Crippen LogP contribution in [-0.4, -0.2) is 11.7 Å². The molecule has 1 atom stereocenters. The maximum absolute atomic E-state index is 10.2. The smallest absolute Gasteiger partial charge is 0.0852 e. The zero-order valence-electron chi connectivity index (χ0n) is 11.4. The van der Waals surface area contributed by atoms with Gasteiger partial charge in [0.25, 0.3) is 0 Å². The molecule has 1 aromatic carbocycles. The summed E-state index contributed by atoms with van der Waals surface area (Å²) in [7, 11) is 0. The number of aliphatic hydroxyl groups is 1. The molecule has 0 aliphatic carbocycles. The highest BCUT2D eigenvalue weighted by Crippen LogP contribution is 2.32. The minimum Gasteiger partial charge on any atom is -0.388 e. The standard InChI is InChI=1S/C15H25NO/c1-11(2)9-12-5-7-13(8-6-12)14(17)15(3,4)10-16/h5-8,11,14,17H,9-10,16H2,1-4H3. The van der Waals surface area contributed by atoms with Crippen LogP contribution in [-0.2, 0) is 6.42 Å². The Hall–Kier alpha value is -0.860. The Bertz CT molecular complexity index is 340. The highest BCUT2D eigenvalue weighted by atomic mass is 16.3. The molecular formula is C15H25NO. The molecular weight excluding hydrogens is 210 g/mol. The molecule has 0 saturated heterocycles. The first-order valence-electron chi connectivity index (χ1n) is 6.34. The highest BCUT2D eigenvalue weighted by molar-refractivity contribution is 5.25. The molecule has 0 fully saturated rings. The van der Waals surface area contributed by atoms with Crippen molar-refractivity contribution in [2.75, 3.05) is 6.54 Å². The Balaban J connectivity index is 2.80. The van der Waals surface area contributed by atoms with E-state index in [0.717, 1.165) is 12.0 Å². The molecule has 1 rings (SSSR count). The third kappa shape index (κ3) is 3.83. The summed E-state index contributed by atoms with van der Waals surface area (Å²) in [6, 6.07) is 8.23. The van der Waals surface area contributed by atoms with Gasteiger partial charge in [0.1, 0.15) is 0 Å². The van der Waals surface area contributed by atoms with Gasteiger partial charge in [-0.2, -0.15) is 0 Å². The normalized spacial score (nSPS) is 14.1. The second-order valence-corrected chi connectivity index (χ2v) is 5.93. The van der Waals surface area contributed by atoms with E-state index in [1.165, 1.54) is 5.56 Å². The lowest BCUT2D eigenvalue weighted by molar-refractivity contribution is 0.0555. The molecule has 17 heavy (non-hydrogen) atoms. The van der Waals surface area contributed by atoms with Gasteiger partial charge in [-0.15, -0.1) is 0 Å². The lowest BCUT2D eigenvalue weighted by atomic mass is 9.82. The first-order chi connectivity index (χ1) is 7.86. The molecule has 0 aliphatic rings. The van der Waals surface area contributed by atoms with E-state index in [2.05, 4.69) is 26.0 Å². The van der Waals surface area contributed by atoms with Crippen molar-refractivity contribution in [2.24, 2.45) is 17.1 Å². The van der Waals surface area contributed by atoms with Crippen LogP contribution in [0.3, 0.4) is 0 Å². The molecule has 0 bridgehead atoms. The van der Waals surface area contributed by atoms with Gasteiger partial charge in [-0.3, -0.25) is 0 Å². The second kappa shape index (κ2) is 5.65. The molecule has 0 spiro atoms. The molecule has 96 valence electrons. The van der Waals surface area contributed by atoms with Gasteiger partial charge < -0.3 is 10.8 Å². The Morgan fingerprint density at radius 2 is 1.71 bits per heavy atom. The summed E-state index contributed by atoms with van der Waals surface area (Å²) in [5, 5.41) is 10.2. The molecule has 0 heterocycles. The van der Waals surface area contributed by atoms with E-state index in [4.69, 9.17) is 5.73 Å². The number of nitrogens with two attached hydrogens (primary N) is 1. The summed E-state index contributed by atoms with van der Waals surface area (Å²) < 4.78 is 0. The van der Waals surface area contributed by atoms with Crippen LogP contribution in [0.4, 0.5) is 0 Å². The van der Waals surface area contributed by atoms with Crippen LogP contribution in [0, 0.1) is 11.3 Å². The van der Waals surface area contributed by atoms with Crippen molar-refractivity contribution >= 4 is 0 Å². The molecule has 0 amide bonds. The van der Waals surface area contributed by atoms with Crippen molar-refractivity contribution in [3.8, 4) is 0 Å². The Kier molecular flexibility index (Phi) is 4.72. The van der Waals surface area contributed by atoms with Gasteiger partial charge in [0.05, 0.1) is 6.10 Å². The maximum Gasteiger partial charge on any atom is 0.0852 e. The fraction of sp³-hybridized carbons (Fsp3) is 0.600. The predicted molar refractivity (Wildman–Crippen MR) is 72.8 cm³/mol. The van der Waals surface area contributed by atoms with Crippen molar-refractivity contribution in [2.45, 2.75) is 40.2 Å². The molecule has 0 aliphatic heterocycles. The van der Waals surface area contributed by atoms with Gasteiger partial charge >= 0.3 is 0 Å². The largest absolute Gasteiger partial charge is 0.388 e. The zero-order valence-corrected chi connectivity index (χ0v) is 11.4. The fourth-order valence-electron chi connectivity index (χ4n) is 1.87. The fourth-order valence-corrected chi connectivity index (χ4v) is 1.87. The van der Waals surface area contributed by atoms with E-state index in [1.54, 1.807) is 0 Å². The van der Waals surface area contributed by atoms with Crippen molar-refractivity contribution in [1.29, 1.82) is 0 Å². The van der Waals surface area contributed by atoms with Gasteiger partial charge in [0.15, 0.2) is 0 Å². The number of rotatable bonds is 5. The Labute approximate surface area is 105 Å². The highest BCUT2D eigenvalue weighted by Gasteiger charge is 2.27. The second-order valence-electron chi connectivity index (χ2n) is 5.93. The third-order valence-corrected chi connectivity index (χ3v) is 3.21. The summed E-state index contributed by atoms with van der Waals surface area (Å²) in [5.41, 5.74) is 7.67. The molecule has 0 saturated carbocycles. The van der Waals surface area contributed by atoms with E-state index < -0.39 is 6.10 Å². The predicted octanol–water partition coefficient (Wildman–Crippen LogP) is 2.90. The van der Waals surface area contributed by atoms with Crippen LogP contribution in [0.5, 0.6) is 0 Å². The minimum atomic E-state index is -0.499. The topological polar surface area (TPSA) is 46.2 Å². The third-order valence-electron chi connectivity index (χ3n) is 3.21. The maximum atomic E-state index is 10.2. The molecule has 2 heteroatoms. The zero-order chi connectivity index (χ0) is 13.1. The summed E-state index contributed by atoms with van der Waals surface area (Å²) in [6.45, 7) is 8.86. The summed E-state index contributed by atoms with van der Waals surface area (Å²) in [5.74, 6) is 0.659.